The number of anilines is 1. The summed E-state index contributed by atoms with van der Waals surface area (Å²) < 4.78 is 39.7. The molecule has 0 bridgehead atoms. The minimum absolute atomic E-state index is 0.00293. The van der Waals surface area contributed by atoms with E-state index in [1.54, 1.807) is 24.0 Å². The molecule has 1 atom stereocenters. The van der Waals surface area contributed by atoms with Crippen LogP contribution < -0.4 is 10.9 Å². The number of hydrogen-bond acceptors (Lipinski definition) is 6. The average Bonchev–Trinajstić information content (AvgIpc) is 3.16. The predicted octanol–water partition coefficient (Wildman–Crippen LogP) is 2.76. The van der Waals surface area contributed by atoms with E-state index in [9.17, 15) is 4.79 Å². The van der Waals surface area contributed by atoms with Crippen molar-refractivity contribution in [2.24, 2.45) is 0 Å². The van der Waals surface area contributed by atoms with Gasteiger partial charge in [0.2, 0.25) is 5.95 Å². The Kier molecular flexibility index (Phi) is 4.71. The van der Waals surface area contributed by atoms with Gasteiger partial charge in [0.1, 0.15) is 0 Å². The molecule has 0 aliphatic carbocycles. The molecule has 0 radical (unpaired) electrons. The Labute approximate surface area is 183 Å². The molecule has 29 heavy (non-hydrogen) atoms. The van der Waals surface area contributed by atoms with Crippen LogP contribution >= 0.6 is 23.2 Å². The van der Waals surface area contributed by atoms with Crippen molar-refractivity contribution in [3.8, 4) is 0 Å². The highest BCUT2D eigenvalue weighted by Crippen LogP contribution is 2.22. The van der Waals surface area contributed by atoms with Crippen LogP contribution in [0.1, 0.15) is 18.0 Å². The van der Waals surface area contributed by atoms with Gasteiger partial charge in [0.05, 0.1) is 34.5 Å². The van der Waals surface area contributed by atoms with Gasteiger partial charge in [-0.2, -0.15) is 4.98 Å². The first kappa shape index (κ1) is 15.7. The largest absolute Gasteiger partial charge is 0.376 e. The quantitative estimate of drug-likeness (QED) is 0.612. The summed E-state index contributed by atoms with van der Waals surface area (Å²) in [6.45, 7) is 0.841. The number of imidazole rings is 1. The number of benzene rings is 1. The number of morpholine rings is 1. The van der Waals surface area contributed by atoms with Gasteiger partial charge in [0, 0.05) is 32.7 Å². The molecule has 2 aromatic heterocycles. The Morgan fingerprint density at radius 3 is 3.17 bits per heavy atom. The van der Waals surface area contributed by atoms with Gasteiger partial charge in [-0.15, -0.1) is 0 Å². The van der Waals surface area contributed by atoms with E-state index >= 15 is 0 Å². The van der Waals surface area contributed by atoms with Crippen molar-refractivity contribution < 1.29 is 10.2 Å². The van der Waals surface area contributed by atoms with Gasteiger partial charge in [-0.3, -0.25) is 14.7 Å². The highest BCUT2D eigenvalue weighted by Gasteiger charge is 2.17. The Morgan fingerprint density at radius 2 is 2.34 bits per heavy atom. The number of nitrogens with zero attached hydrogens (tertiary/aromatic N) is 4. The maximum atomic E-state index is 12.8. The maximum absolute atomic E-state index is 12.8. The smallest absolute Gasteiger partial charge is 0.278 e. The molecule has 1 saturated heterocycles. The third kappa shape index (κ3) is 4.72. The second kappa shape index (κ2) is 8.71. The highest BCUT2D eigenvalue weighted by atomic mass is 35.5. The van der Waals surface area contributed by atoms with Crippen molar-refractivity contribution in [3.05, 3.63) is 50.5 Å². The fraction of sp³-hybridized carbons (Fsp3) is 0.421. The van der Waals surface area contributed by atoms with Crippen LogP contribution in [0.5, 0.6) is 0 Å². The van der Waals surface area contributed by atoms with Crippen LogP contribution in [0.4, 0.5) is 5.95 Å². The molecular weight excluding hydrogens is 415 g/mol. The van der Waals surface area contributed by atoms with Crippen LogP contribution in [-0.4, -0.2) is 56.7 Å². The first-order chi connectivity index (χ1) is 15.5. The number of ether oxygens (including phenoxy) is 1. The number of nitrogens with one attached hydrogen (secondary N) is 2. The summed E-state index contributed by atoms with van der Waals surface area (Å²) in [5.74, 6) is 0.127. The lowest BCUT2D eigenvalue weighted by Gasteiger charge is -2.31. The molecule has 4 rings (SSSR count). The first-order valence-corrected chi connectivity index (χ1v) is 9.74. The zero-order chi connectivity index (χ0) is 24.0. The number of aromatic nitrogens is 4. The summed E-state index contributed by atoms with van der Waals surface area (Å²) in [5, 5.41) is 3.35. The third-order valence-electron chi connectivity index (χ3n) is 4.44. The highest BCUT2D eigenvalue weighted by molar-refractivity contribution is 6.42. The molecule has 3 heterocycles. The van der Waals surface area contributed by atoms with Crippen LogP contribution in [0, 0.1) is 0 Å². The SMILES string of the molecule is [2H]c1c(CNc2nc3ncn(C([2H])([2H])CN4CCOC([2H])(C)C4)c3c(=O)[nH]2)ccc(Cl)c1Cl. The van der Waals surface area contributed by atoms with E-state index in [0.717, 1.165) is 4.57 Å². The molecule has 2 N–H and O–H groups in total. The standard InChI is InChI=1S/C19H22Cl2N6O2/c1-12-10-26(6-7-29-12)4-5-27-11-23-17-16(27)18(28)25-19(24-17)22-9-13-2-3-14(20)15(21)8-13/h2-3,8,11-12H,4-7,9-10H2,1H3,(H2,22,24,25,28)/i5D2,8D,12D. The lowest BCUT2D eigenvalue weighted by Crippen LogP contribution is -2.42. The van der Waals surface area contributed by atoms with Crippen LogP contribution in [0.25, 0.3) is 11.2 Å². The molecule has 154 valence electrons. The molecule has 1 aromatic carbocycles. The van der Waals surface area contributed by atoms with E-state index in [1.807, 2.05) is 0 Å². The van der Waals surface area contributed by atoms with E-state index in [1.165, 1.54) is 6.33 Å². The summed E-state index contributed by atoms with van der Waals surface area (Å²) in [5.41, 5.74) is 0.0816. The molecule has 10 heteroatoms. The van der Waals surface area contributed by atoms with Crippen LogP contribution in [0.15, 0.2) is 29.3 Å². The summed E-state index contributed by atoms with van der Waals surface area (Å²) >= 11 is 11.9. The van der Waals surface area contributed by atoms with Crippen LogP contribution in [0.3, 0.4) is 0 Å². The van der Waals surface area contributed by atoms with Crippen molar-refractivity contribution in [2.75, 3.05) is 31.6 Å². The van der Waals surface area contributed by atoms with E-state index < -0.39 is 18.1 Å². The number of H-pyrrole nitrogens is 1. The normalized spacial score (nSPS) is 22.7. The zero-order valence-corrected chi connectivity index (χ0v) is 17.1. The van der Waals surface area contributed by atoms with Gasteiger partial charge >= 0.3 is 0 Å². The fourth-order valence-corrected chi connectivity index (χ4v) is 3.30. The van der Waals surface area contributed by atoms with Crippen molar-refractivity contribution in [2.45, 2.75) is 26.0 Å². The Balaban J connectivity index is 1.55. The lowest BCUT2D eigenvalue weighted by molar-refractivity contribution is -0.0190. The molecule has 0 spiro atoms. The monoisotopic (exact) mass is 440 g/mol. The minimum atomic E-state index is -1.97. The summed E-state index contributed by atoms with van der Waals surface area (Å²) in [6, 6.07) is 3.31. The molecular formula is C19H22Cl2N6O2. The fourth-order valence-electron chi connectivity index (χ4n) is 3.01. The van der Waals surface area contributed by atoms with Gasteiger partial charge < -0.3 is 14.6 Å². The molecule has 1 unspecified atom stereocenters. The number of rotatable bonds is 6. The first-order valence-electron chi connectivity index (χ1n) is 11.0. The molecule has 1 aliphatic rings. The second-order valence-electron chi connectivity index (χ2n) is 6.62. The number of fused-ring (bicyclic) bond motifs is 1. The number of halogens is 2. The number of hydrogen-bond donors (Lipinski definition) is 2. The van der Waals surface area contributed by atoms with Gasteiger partial charge in [-0.05, 0) is 24.6 Å². The van der Waals surface area contributed by atoms with Crippen molar-refractivity contribution >= 4 is 40.3 Å². The third-order valence-corrected chi connectivity index (χ3v) is 5.15. The zero-order valence-electron chi connectivity index (χ0n) is 19.6. The van der Waals surface area contributed by atoms with Crippen molar-refractivity contribution in [1.29, 1.82) is 0 Å². The minimum Gasteiger partial charge on any atom is -0.376 e. The van der Waals surface area contributed by atoms with Crippen molar-refractivity contribution in [1.82, 2.24) is 24.4 Å². The van der Waals surface area contributed by atoms with Crippen LogP contribution in [0.2, 0.25) is 10.0 Å². The van der Waals surface area contributed by atoms with Crippen LogP contribution in [-0.2, 0) is 17.8 Å². The summed E-state index contributed by atoms with van der Waals surface area (Å²) in [4.78, 5) is 25.6. The Morgan fingerprint density at radius 1 is 1.48 bits per heavy atom. The predicted molar refractivity (Wildman–Crippen MR) is 114 cm³/mol. The van der Waals surface area contributed by atoms with E-state index in [0.29, 0.717) is 18.7 Å². The Hall–Kier alpha value is -2.13. The molecule has 0 amide bonds. The Bertz CT molecular complexity index is 1250. The molecule has 3 aromatic rings. The lowest BCUT2D eigenvalue weighted by atomic mass is 10.2. The second-order valence-corrected chi connectivity index (χ2v) is 7.40. The van der Waals surface area contributed by atoms with Crippen molar-refractivity contribution in [3.63, 3.8) is 0 Å². The van der Waals surface area contributed by atoms with E-state index in [4.69, 9.17) is 33.4 Å². The molecule has 1 aliphatic heterocycles. The van der Waals surface area contributed by atoms with E-state index in [2.05, 4.69) is 20.3 Å². The van der Waals surface area contributed by atoms with Gasteiger partial charge in [-0.1, -0.05) is 29.3 Å². The van der Waals surface area contributed by atoms with Gasteiger partial charge in [0.15, 0.2) is 11.2 Å². The molecule has 8 nitrogen and oxygen atoms in total. The summed E-state index contributed by atoms with van der Waals surface area (Å²) in [7, 11) is 0. The molecule has 1 fully saturated rings. The number of aromatic amines is 1. The van der Waals surface area contributed by atoms with E-state index in [-0.39, 0.29) is 52.8 Å². The topological polar surface area (TPSA) is 88.1 Å². The maximum Gasteiger partial charge on any atom is 0.278 e. The molecule has 0 saturated carbocycles. The summed E-state index contributed by atoms with van der Waals surface area (Å²) in [6.07, 6.45) is 0.135. The average molecular weight is 441 g/mol. The van der Waals surface area contributed by atoms with Gasteiger partial charge in [-0.25, -0.2) is 4.98 Å². The van der Waals surface area contributed by atoms with Gasteiger partial charge in [0.25, 0.3) is 5.56 Å².